The molecule has 0 amide bonds. The zero-order chi connectivity index (χ0) is 15.7. The number of fused-ring (bicyclic) bond motifs is 1. The minimum atomic E-state index is 0.444. The summed E-state index contributed by atoms with van der Waals surface area (Å²) in [6, 6.07) is 2.08. The second-order valence-corrected chi connectivity index (χ2v) is 5.37. The van der Waals surface area contributed by atoms with Gasteiger partial charge in [0.2, 0.25) is 5.95 Å². The van der Waals surface area contributed by atoms with Crippen molar-refractivity contribution in [3.8, 4) is 0 Å². The van der Waals surface area contributed by atoms with Crippen molar-refractivity contribution >= 4 is 22.8 Å². The van der Waals surface area contributed by atoms with Crippen LogP contribution in [0.1, 0.15) is 17.8 Å². The maximum Gasteiger partial charge on any atom is 0.226 e. The van der Waals surface area contributed by atoms with Gasteiger partial charge in [-0.2, -0.15) is 20.2 Å². The van der Waals surface area contributed by atoms with Crippen LogP contribution in [0.15, 0.2) is 12.3 Å². The van der Waals surface area contributed by atoms with Crippen LogP contribution in [-0.4, -0.2) is 36.1 Å². The van der Waals surface area contributed by atoms with Crippen LogP contribution >= 0.6 is 0 Å². The quantitative estimate of drug-likeness (QED) is 0.688. The molecule has 0 fully saturated rings. The van der Waals surface area contributed by atoms with Gasteiger partial charge in [0, 0.05) is 25.8 Å². The maximum absolute atomic E-state index is 5.93. The first-order valence-electron chi connectivity index (χ1n) is 7.25. The molecule has 3 rings (SSSR count). The monoisotopic (exact) mass is 300 g/mol. The van der Waals surface area contributed by atoms with E-state index in [2.05, 4.69) is 38.5 Å². The van der Waals surface area contributed by atoms with Crippen molar-refractivity contribution in [1.29, 1.82) is 0 Å². The van der Waals surface area contributed by atoms with Gasteiger partial charge in [0.1, 0.15) is 5.82 Å². The van der Waals surface area contributed by atoms with Crippen molar-refractivity contribution < 1.29 is 0 Å². The third kappa shape index (κ3) is 2.72. The third-order valence-electron chi connectivity index (χ3n) is 3.55. The third-order valence-corrected chi connectivity index (χ3v) is 3.55. The molecule has 0 aliphatic rings. The summed E-state index contributed by atoms with van der Waals surface area (Å²) in [5.74, 6) is 0.973. The topological polar surface area (TPSA) is 99.5 Å². The summed E-state index contributed by atoms with van der Waals surface area (Å²) in [6.45, 7) is 5.67. The molecule has 3 aromatic rings. The Balaban J connectivity index is 1.62. The summed E-state index contributed by atoms with van der Waals surface area (Å²) in [4.78, 5) is 8.70. The summed E-state index contributed by atoms with van der Waals surface area (Å²) in [7, 11) is 1.83. The summed E-state index contributed by atoms with van der Waals surface area (Å²) in [5.41, 5.74) is 8.88. The van der Waals surface area contributed by atoms with E-state index in [0.29, 0.717) is 11.8 Å². The molecule has 0 spiro atoms. The van der Waals surface area contributed by atoms with E-state index >= 15 is 0 Å². The van der Waals surface area contributed by atoms with Gasteiger partial charge in [-0.05, 0) is 26.3 Å². The van der Waals surface area contributed by atoms with Crippen molar-refractivity contribution in [2.24, 2.45) is 7.05 Å². The Morgan fingerprint density at radius 1 is 1.27 bits per heavy atom. The molecule has 8 heteroatoms. The zero-order valence-corrected chi connectivity index (χ0v) is 13.0. The highest BCUT2D eigenvalue weighted by molar-refractivity contribution is 5.86. The number of hydrogen-bond acceptors (Lipinski definition) is 6. The number of nitrogens with zero attached hydrogens (tertiary/aromatic N) is 6. The molecular weight excluding hydrogens is 280 g/mol. The van der Waals surface area contributed by atoms with Gasteiger partial charge in [-0.1, -0.05) is 0 Å². The van der Waals surface area contributed by atoms with E-state index in [1.54, 1.807) is 10.9 Å². The van der Waals surface area contributed by atoms with E-state index in [0.717, 1.165) is 36.2 Å². The molecular formula is C14H20N8. The Labute approximate surface area is 128 Å². The van der Waals surface area contributed by atoms with Gasteiger partial charge >= 0.3 is 0 Å². The van der Waals surface area contributed by atoms with E-state index in [1.807, 2.05) is 18.7 Å². The molecule has 0 bridgehead atoms. The SMILES string of the molecule is Cc1cc(C)n(CCCNc2nc(N)c3cnn(C)c3n2)n1. The first kappa shape index (κ1) is 14.3. The fraction of sp³-hybridized carbons (Fsp3) is 0.429. The summed E-state index contributed by atoms with van der Waals surface area (Å²) in [5, 5.41) is 12.6. The summed E-state index contributed by atoms with van der Waals surface area (Å²) in [6.07, 6.45) is 2.60. The molecule has 0 aromatic carbocycles. The minimum absolute atomic E-state index is 0.444. The minimum Gasteiger partial charge on any atom is -0.383 e. The van der Waals surface area contributed by atoms with Crippen LogP contribution in [0.4, 0.5) is 11.8 Å². The first-order chi connectivity index (χ1) is 10.5. The molecule has 22 heavy (non-hydrogen) atoms. The van der Waals surface area contributed by atoms with Crippen LogP contribution in [0.25, 0.3) is 11.0 Å². The Hall–Kier alpha value is -2.64. The van der Waals surface area contributed by atoms with Gasteiger partial charge in [0.05, 0.1) is 17.3 Å². The lowest BCUT2D eigenvalue weighted by atomic mass is 10.4. The summed E-state index contributed by atoms with van der Waals surface area (Å²) >= 11 is 0. The number of nitrogen functional groups attached to an aromatic ring is 1. The Morgan fingerprint density at radius 3 is 2.82 bits per heavy atom. The van der Waals surface area contributed by atoms with E-state index in [-0.39, 0.29) is 0 Å². The highest BCUT2D eigenvalue weighted by atomic mass is 15.3. The van der Waals surface area contributed by atoms with Gasteiger partial charge in [-0.3, -0.25) is 9.36 Å². The average molecular weight is 300 g/mol. The smallest absolute Gasteiger partial charge is 0.226 e. The molecule has 0 saturated heterocycles. The molecule has 116 valence electrons. The van der Waals surface area contributed by atoms with Gasteiger partial charge in [-0.25, -0.2) is 0 Å². The van der Waals surface area contributed by atoms with Crippen LogP contribution in [0.5, 0.6) is 0 Å². The van der Waals surface area contributed by atoms with E-state index in [4.69, 9.17) is 5.73 Å². The normalized spacial score (nSPS) is 11.2. The lowest BCUT2D eigenvalue weighted by Crippen LogP contribution is -2.11. The number of aromatic nitrogens is 6. The second-order valence-electron chi connectivity index (χ2n) is 5.37. The molecule has 0 unspecified atom stereocenters. The van der Waals surface area contributed by atoms with Crippen molar-refractivity contribution in [2.75, 3.05) is 17.6 Å². The molecule has 0 aliphatic heterocycles. The van der Waals surface area contributed by atoms with Crippen molar-refractivity contribution in [3.05, 3.63) is 23.7 Å². The molecule has 0 atom stereocenters. The van der Waals surface area contributed by atoms with Crippen molar-refractivity contribution in [3.63, 3.8) is 0 Å². The van der Waals surface area contributed by atoms with Crippen LogP contribution in [0, 0.1) is 13.8 Å². The van der Waals surface area contributed by atoms with Gasteiger partial charge < -0.3 is 11.1 Å². The second kappa shape index (κ2) is 5.63. The van der Waals surface area contributed by atoms with Crippen LogP contribution in [0.3, 0.4) is 0 Å². The molecule has 3 aromatic heterocycles. The average Bonchev–Trinajstić information content (AvgIpc) is 2.99. The molecule has 0 aliphatic carbocycles. The molecule has 0 radical (unpaired) electrons. The number of rotatable bonds is 5. The summed E-state index contributed by atoms with van der Waals surface area (Å²) < 4.78 is 3.70. The van der Waals surface area contributed by atoms with Crippen LogP contribution in [-0.2, 0) is 13.6 Å². The van der Waals surface area contributed by atoms with E-state index in [9.17, 15) is 0 Å². The lowest BCUT2D eigenvalue weighted by Gasteiger charge is -2.07. The fourth-order valence-corrected chi connectivity index (χ4v) is 2.45. The Kier molecular flexibility index (Phi) is 3.66. The van der Waals surface area contributed by atoms with E-state index < -0.39 is 0 Å². The number of nitrogens with one attached hydrogen (secondary N) is 1. The van der Waals surface area contributed by atoms with Crippen molar-refractivity contribution in [1.82, 2.24) is 29.5 Å². The lowest BCUT2D eigenvalue weighted by molar-refractivity contribution is 0.573. The zero-order valence-electron chi connectivity index (χ0n) is 13.0. The van der Waals surface area contributed by atoms with Gasteiger partial charge in [0.15, 0.2) is 5.65 Å². The Bertz CT molecular complexity index is 801. The highest BCUT2D eigenvalue weighted by Gasteiger charge is 2.08. The fourth-order valence-electron chi connectivity index (χ4n) is 2.45. The maximum atomic E-state index is 5.93. The molecule has 3 N–H and O–H groups in total. The van der Waals surface area contributed by atoms with Gasteiger partial charge in [0.25, 0.3) is 0 Å². The van der Waals surface area contributed by atoms with E-state index in [1.165, 1.54) is 5.69 Å². The predicted octanol–water partition coefficient (Wildman–Crippen LogP) is 1.26. The molecule has 8 nitrogen and oxygen atoms in total. The molecule has 0 saturated carbocycles. The Morgan fingerprint density at radius 2 is 2.09 bits per heavy atom. The largest absolute Gasteiger partial charge is 0.383 e. The highest BCUT2D eigenvalue weighted by Crippen LogP contribution is 2.18. The van der Waals surface area contributed by atoms with Crippen LogP contribution < -0.4 is 11.1 Å². The number of aryl methyl sites for hydroxylation is 4. The van der Waals surface area contributed by atoms with Crippen molar-refractivity contribution in [2.45, 2.75) is 26.8 Å². The standard InChI is InChI=1S/C14H20N8/c1-9-7-10(2)22(20-9)6-4-5-16-14-18-12(15)11-8-17-21(3)13(11)19-14/h7-8H,4-6H2,1-3H3,(H3,15,16,18,19). The van der Waals surface area contributed by atoms with Crippen LogP contribution in [0.2, 0.25) is 0 Å². The molecule has 3 heterocycles. The first-order valence-corrected chi connectivity index (χ1v) is 7.25. The number of anilines is 2. The number of hydrogen-bond donors (Lipinski definition) is 2. The number of nitrogens with two attached hydrogens (primary N) is 1. The predicted molar refractivity (Wildman–Crippen MR) is 85.5 cm³/mol. The van der Waals surface area contributed by atoms with Gasteiger partial charge in [-0.15, -0.1) is 0 Å².